The Morgan fingerprint density at radius 1 is 1.43 bits per heavy atom. The molecule has 84 valence electrons. The number of rotatable bonds is 4. The molecule has 14 heavy (non-hydrogen) atoms. The Bertz CT molecular complexity index is 126. The topological polar surface area (TPSA) is 20.3 Å². The van der Waals surface area contributed by atoms with Crippen molar-refractivity contribution in [3.05, 3.63) is 14.0 Å². The first-order valence-electron chi connectivity index (χ1n) is 4.80. The van der Waals surface area contributed by atoms with E-state index in [0.29, 0.717) is 12.3 Å². The van der Waals surface area contributed by atoms with Crippen LogP contribution in [0.4, 0.5) is 0 Å². The minimum Gasteiger partial charge on any atom is -0.462 e. The number of nitrogens with zero attached hydrogens (tertiary/aromatic N) is 1. The van der Waals surface area contributed by atoms with Gasteiger partial charge in [-0.2, -0.15) is 0 Å². The van der Waals surface area contributed by atoms with Gasteiger partial charge >= 0.3 is 21.1 Å². The minimum atomic E-state index is 0. The van der Waals surface area contributed by atoms with Crippen molar-refractivity contribution >= 4 is 5.78 Å². The summed E-state index contributed by atoms with van der Waals surface area (Å²) in [7, 11) is 5.53. The average Bonchev–Trinajstić information content (AvgIpc) is 2.04. The second kappa shape index (κ2) is 13.2. The summed E-state index contributed by atoms with van der Waals surface area (Å²) in [6, 6.07) is 0. The Labute approximate surface area is 104 Å². The van der Waals surface area contributed by atoms with E-state index >= 15 is 0 Å². The van der Waals surface area contributed by atoms with Crippen LogP contribution in [0, 0.1) is 19.9 Å². The molecule has 0 radical (unpaired) electrons. The van der Waals surface area contributed by atoms with Gasteiger partial charge in [0, 0.05) is 0 Å². The van der Waals surface area contributed by atoms with Gasteiger partial charge in [0.15, 0.2) is 0 Å². The fourth-order valence-corrected chi connectivity index (χ4v) is 0.533. The Hall–Kier alpha value is 0.188. The maximum Gasteiger partial charge on any atom is 2.00 e. The molecular weight excluding hydrogens is 346 g/mol. The Balaban J connectivity index is -0.000000177. The van der Waals surface area contributed by atoms with Crippen molar-refractivity contribution in [2.45, 2.75) is 33.6 Å². The first kappa shape index (κ1) is 19.7. The van der Waals surface area contributed by atoms with Crippen LogP contribution in [0.25, 0.3) is 0 Å². The molecule has 0 fully saturated rings. The van der Waals surface area contributed by atoms with E-state index in [1.807, 2.05) is 11.9 Å². The average molecular weight is 369 g/mol. The van der Waals surface area contributed by atoms with Crippen molar-refractivity contribution < 1.29 is 25.9 Å². The molecule has 0 aliphatic heterocycles. The van der Waals surface area contributed by atoms with E-state index in [2.05, 4.69) is 34.7 Å². The second-order valence-corrected chi connectivity index (χ2v) is 3.43. The summed E-state index contributed by atoms with van der Waals surface area (Å²) in [5.41, 5.74) is 0. The van der Waals surface area contributed by atoms with Gasteiger partial charge in [-0.25, -0.2) is 0 Å². The van der Waals surface area contributed by atoms with Crippen molar-refractivity contribution in [3.63, 3.8) is 0 Å². The fourth-order valence-electron chi connectivity index (χ4n) is 0.533. The third kappa shape index (κ3) is 22.8. The first-order chi connectivity index (χ1) is 5.93. The molecule has 1 atom stereocenters. The van der Waals surface area contributed by atoms with Crippen LogP contribution in [0.15, 0.2) is 0 Å². The van der Waals surface area contributed by atoms with E-state index in [1.54, 1.807) is 0 Å². The third-order valence-electron chi connectivity index (χ3n) is 1.81. The monoisotopic (exact) mass is 369 g/mol. The number of carbonyl (C=O) groups excluding carboxylic acids is 1. The molecule has 0 aromatic heterocycles. The molecule has 0 aliphatic carbocycles. The predicted octanol–water partition coefficient (Wildman–Crippen LogP) is 2.55. The van der Waals surface area contributed by atoms with E-state index in [1.165, 1.54) is 0 Å². The Kier molecular flexibility index (Phi) is 18.6. The number of hydrogen-bond acceptors (Lipinski definition) is 2. The van der Waals surface area contributed by atoms with Gasteiger partial charge < -0.3 is 16.6 Å². The van der Waals surface area contributed by atoms with Gasteiger partial charge in [0.25, 0.3) is 0 Å². The van der Waals surface area contributed by atoms with Gasteiger partial charge in [0.05, 0.1) is 0 Å². The Morgan fingerprint density at radius 2 is 1.79 bits per heavy atom. The zero-order valence-corrected chi connectivity index (χ0v) is 12.8. The van der Waals surface area contributed by atoms with Crippen LogP contribution in [0.1, 0.15) is 33.6 Å². The van der Waals surface area contributed by atoms with Gasteiger partial charge in [-0.1, -0.05) is 27.2 Å². The van der Waals surface area contributed by atoms with Crippen LogP contribution >= 0.6 is 0 Å². The summed E-state index contributed by atoms with van der Waals surface area (Å²) < 4.78 is 0. The smallest absolute Gasteiger partial charge is 0.462 e. The van der Waals surface area contributed by atoms with Gasteiger partial charge in [0.2, 0.25) is 0 Å². The third-order valence-corrected chi connectivity index (χ3v) is 1.81. The van der Waals surface area contributed by atoms with E-state index in [0.717, 1.165) is 13.0 Å². The SMILES string of the molecule is [CH2-]C(=O)CC(C)CC.[CH2-]N(C)CC.[W+2]. The summed E-state index contributed by atoms with van der Waals surface area (Å²) in [6.45, 7) is 10.5. The summed E-state index contributed by atoms with van der Waals surface area (Å²) in [5, 5.41) is 0. The molecule has 0 aromatic carbocycles. The van der Waals surface area contributed by atoms with Gasteiger partial charge in [-0.3, -0.25) is 7.05 Å². The van der Waals surface area contributed by atoms with E-state index in [9.17, 15) is 4.79 Å². The second-order valence-electron chi connectivity index (χ2n) is 3.43. The maximum absolute atomic E-state index is 10.3. The predicted molar refractivity (Wildman–Crippen MR) is 58.1 cm³/mol. The van der Waals surface area contributed by atoms with Crippen LogP contribution in [0.3, 0.4) is 0 Å². The van der Waals surface area contributed by atoms with Crippen LogP contribution < -0.4 is 0 Å². The molecule has 3 heteroatoms. The zero-order chi connectivity index (χ0) is 10.9. The molecule has 1 unspecified atom stereocenters. The molecule has 2 nitrogen and oxygen atoms in total. The standard InChI is InChI=1S/C7H13O.C4H10N.W/c1-4-6(2)5-7(3)8;1-4-5(2)3;/h6H,3-5H2,1-2H3;2,4H2,1,3H3;/q2*-1;+2. The van der Waals surface area contributed by atoms with Crippen LogP contribution in [-0.4, -0.2) is 24.3 Å². The van der Waals surface area contributed by atoms with E-state index in [-0.39, 0.29) is 26.8 Å². The van der Waals surface area contributed by atoms with Gasteiger partial charge in [-0.05, 0) is 31.7 Å². The van der Waals surface area contributed by atoms with Crippen molar-refractivity contribution in [1.29, 1.82) is 0 Å². The maximum atomic E-state index is 10.3. The zero-order valence-electron chi connectivity index (χ0n) is 9.88. The Morgan fingerprint density at radius 3 is 1.86 bits per heavy atom. The molecule has 0 saturated heterocycles. The number of hydrogen-bond donors (Lipinski definition) is 0. The molecule has 0 aromatic rings. The number of ketones is 1. The van der Waals surface area contributed by atoms with E-state index < -0.39 is 0 Å². The number of Topliss-reactive ketones (excluding diaryl/α,β-unsaturated/α-hetero) is 1. The van der Waals surface area contributed by atoms with Crippen LogP contribution in [-0.2, 0) is 25.9 Å². The largest absolute Gasteiger partial charge is 2.00 e. The summed E-state index contributed by atoms with van der Waals surface area (Å²) in [4.78, 5) is 12.2. The first-order valence-corrected chi connectivity index (χ1v) is 4.80. The van der Waals surface area contributed by atoms with Crippen molar-refractivity contribution in [2.24, 2.45) is 5.92 Å². The number of carbonyl (C=O) groups is 1. The fraction of sp³-hybridized carbons (Fsp3) is 0.727. The molecule has 0 bridgehead atoms. The minimum absolute atomic E-state index is 0. The molecular formula is C11H23NOW. The molecule has 0 amide bonds. The van der Waals surface area contributed by atoms with Crippen LogP contribution in [0.2, 0.25) is 0 Å². The van der Waals surface area contributed by atoms with Gasteiger partial charge in [0.1, 0.15) is 0 Å². The summed E-state index contributed by atoms with van der Waals surface area (Å²) in [6.07, 6.45) is 1.71. The van der Waals surface area contributed by atoms with E-state index in [4.69, 9.17) is 0 Å². The van der Waals surface area contributed by atoms with Crippen LogP contribution in [0.5, 0.6) is 0 Å². The quantitative estimate of drug-likeness (QED) is 0.710. The summed E-state index contributed by atoms with van der Waals surface area (Å²) in [5.74, 6) is 0.569. The van der Waals surface area contributed by atoms with Crippen molar-refractivity contribution in [3.8, 4) is 0 Å². The molecule has 0 spiro atoms. The molecule has 0 saturated carbocycles. The molecule has 0 rings (SSSR count). The molecule has 0 aliphatic rings. The van der Waals surface area contributed by atoms with Gasteiger partial charge in [-0.15, -0.1) is 0 Å². The van der Waals surface area contributed by atoms with Crippen molar-refractivity contribution in [1.82, 2.24) is 4.90 Å². The molecule has 0 heterocycles. The van der Waals surface area contributed by atoms with Crippen molar-refractivity contribution in [2.75, 3.05) is 13.6 Å². The summed E-state index contributed by atoms with van der Waals surface area (Å²) >= 11 is 0. The molecule has 0 N–H and O–H groups in total. The normalized spacial score (nSPS) is 11.0.